The zero-order valence-electron chi connectivity index (χ0n) is 20.7. The van der Waals surface area contributed by atoms with Gasteiger partial charge in [-0.25, -0.2) is 27.2 Å². The second kappa shape index (κ2) is 9.54. The molecule has 0 spiro atoms. The quantitative estimate of drug-likeness (QED) is 0.623. The Hall–Kier alpha value is -3.05. The Bertz CT molecular complexity index is 1210. The molecule has 0 saturated carbocycles. The zero-order chi connectivity index (χ0) is 25.4. The van der Waals surface area contributed by atoms with Gasteiger partial charge in [0.05, 0.1) is 10.5 Å². The van der Waals surface area contributed by atoms with E-state index >= 15 is 0 Å². The van der Waals surface area contributed by atoms with E-state index in [4.69, 9.17) is 10.5 Å². The number of primary amides is 1. The second-order valence-corrected chi connectivity index (χ2v) is 11.8. The number of hydrogen-bond donors (Lipinski definition) is 2. The van der Waals surface area contributed by atoms with Gasteiger partial charge < -0.3 is 20.8 Å². The molecule has 2 aliphatic heterocycles. The molecular weight excluding hydrogens is 468 g/mol. The summed E-state index contributed by atoms with van der Waals surface area (Å²) in [6, 6.07) is 8.65. The van der Waals surface area contributed by atoms with E-state index in [0.29, 0.717) is 24.2 Å². The Morgan fingerprint density at radius 3 is 2.49 bits per heavy atom. The van der Waals surface area contributed by atoms with Gasteiger partial charge in [0.15, 0.2) is 0 Å². The van der Waals surface area contributed by atoms with E-state index in [2.05, 4.69) is 15.4 Å². The Kier molecular flexibility index (Phi) is 6.83. The summed E-state index contributed by atoms with van der Waals surface area (Å²) in [5.41, 5.74) is 9.75. The van der Waals surface area contributed by atoms with Crippen LogP contribution in [0, 0.1) is 12.8 Å². The second-order valence-electron chi connectivity index (χ2n) is 9.94. The van der Waals surface area contributed by atoms with E-state index in [1.165, 1.54) is 3.97 Å². The number of amides is 1. The number of aryl methyl sites for hydroxylation is 1. The number of fused-ring (bicyclic) bond motifs is 1. The number of hydrogen-bond acceptors (Lipinski definition) is 8. The largest absolute Gasteiger partial charge is 0.444 e. The maximum absolute atomic E-state index is 13.4. The zero-order valence-corrected chi connectivity index (χ0v) is 21.5. The van der Waals surface area contributed by atoms with Gasteiger partial charge in [-0.1, -0.05) is 17.7 Å². The number of aliphatic imine (C=N–C) groups is 1. The Morgan fingerprint density at radius 1 is 1.20 bits per heavy atom. The van der Waals surface area contributed by atoms with E-state index in [1.54, 1.807) is 36.5 Å². The van der Waals surface area contributed by atoms with Crippen LogP contribution in [0.25, 0.3) is 0 Å². The molecule has 0 unspecified atom stereocenters. The van der Waals surface area contributed by atoms with Crippen molar-refractivity contribution in [2.24, 2.45) is 16.6 Å². The molecule has 0 atom stereocenters. The minimum absolute atomic E-state index is 0.247. The summed E-state index contributed by atoms with van der Waals surface area (Å²) in [6.45, 7) is 7.62. The monoisotopic (exact) mass is 502 g/mol. The summed E-state index contributed by atoms with van der Waals surface area (Å²) in [6.07, 6.45) is 3.45. The molecule has 2 aromatic rings. The van der Waals surface area contributed by atoms with Crippen molar-refractivity contribution in [1.29, 1.82) is 0 Å². The first-order valence-corrected chi connectivity index (χ1v) is 13.2. The van der Waals surface area contributed by atoms with Gasteiger partial charge in [-0.15, -0.1) is 0 Å². The Labute approximate surface area is 206 Å². The minimum atomic E-state index is -3.74. The third-order valence-corrected chi connectivity index (χ3v) is 8.18. The fourth-order valence-electron chi connectivity index (χ4n) is 4.81. The average molecular weight is 503 g/mol. The van der Waals surface area contributed by atoms with Crippen LogP contribution in [0.1, 0.15) is 44.2 Å². The highest BCUT2D eigenvalue weighted by Crippen LogP contribution is 2.31. The summed E-state index contributed by atoms with van der Waals surface area (Å²) < 4.78 is 33.3. The molecule has 2 aliphatic rings. The molecule has 3 heterocycles. The minimum Gasteiger partial charge on any atom is -0.444 e. The molecule has 0 radical (unpaired) electrons. The summed E-state index contributed by atoms with van der Waals surface area (Å²) in [4.78, 5) is 17.9. The van der Waals surface area contributed by atoms with Gasteiger partial charge in [-0.2, -0.15) is 0 Å². The van der Waals surface area contributed by atoms with Crippen molar-refractivity contribution < 1.29 is 17.9 Å². The summed E-state index contributed by atoms with van der Waals surface area (Å²) in [5.74, 6) is 1.66. The summed E-state index contributed by atoms with van der Waals surface area (Å²) in [5, 5.41) is 2.11. The molecule has 10 nitrogen and oxygen atoms in total. The summed E-state index contributed by atoms with van der Waals surface area (Å²) >= 11 is 0. The number of aromatic nitrogens is 1. The maximum atomic E-state index is 13.4. The molecule has 4 rings (SSSR count). The lowest BCUT2D eigenvalue weighted by Gasteiger charge is -2.37. The highest BCUT2D eigenvalue weighted by atomic mass is 32.2. The SMILES string of the molecule is Cc1ccc(S(=O)(=O)n2ccc3c2N(C)CN=C3NN2CCC(CC(C)(C)OC(N)=O)CC2)cc1. The fourth-order valence-corrected chi connectivity index (χ4v) is 6.21. The smallest absolute Gasteiger partial charge is 0.405 e. The molecule has 0 aliphatic carbocycles. The van der Waals surface area contributed by atoms with Crippen molar-refractivity contribution in [3.63, 3.8) is 0 Å². The number of amidine groups is 1. The average Bonchev–Trinajstić information content (AvgIpc) is 3.23. The molecule has 11 heteroatoms. The third kappa shape index (κ3) is 5.46. The van der Waals surface area contributed by atoms with Crippen LogP contribution in [0.5, 0.6) is 0 Å². The standard InChI is InChI=1S/C24H34N6O4S/c1-17-5-7-19(8-6-17)35(32,33)30-14-11-20-21(26-16-28(4)22(20)30)27-29-12-9-18(10-13-29)15-24(2,3)34-23(25)31/h5-8,11,14,18H,9-10,12-13,15-16H2,1-4H3,(H2,25,31)(H,26,27). The molecule has 1 amide bonds. The fraction of sp³-hybridized carbons (Fsp3) is 0.500. The number of ether oxygens (including phenoxy) is 1. The topological polar surface area (TPSA) is 122 Å². The van der Waals surface area contributed by atoms with Gasteiger partial charge >= 0.3 is 6.09 Å². The van der Waals surface area contributed by atoms with Crippen molar-refractivity contribution in [3.05, 3.63) is 47.7 Å². The molecule has 0 bridgehead atoms. The molecular formula is C24H34N6O4S. The van der Waals surface area contributed by atoms with Gasteiger partial charge in [-0.05, 0) is 64.2 Å². The number of carbonyl (C=O) groups is 1. The van der Waals surface area contributed by atoms with Crippen molar-refractivity contribution in [3.8, 4) is 0 Å². The van der Waals surface area contributed by atoms with E-state index in [9.17, 15) is 13.2 Å². The van der Waals surface area contributed by atoms with E-state index < -0.39 is 21.7 Å². The molecule has 35 heavy (non-hydrogen) atoms. The first-order valence-electron chi connectivity index (χ1n) is 11.8. The number of nitrogens with two attached hydrogens (primary N) is 1. The molecule has 3 N–H and O–H groups in total. The van der Waals surface area contributed by atoms with Crippen LogP contribution in [0.4, 0.5) is 10.6 Å². The number of nitrogens with one attached hydrogen (secondary N) is 1. The van der Waals surface area contributed by atoms with Gasteiger partial charge in [0, 0.05) is 26.3 Å². The van der Waals surface area contributed by atoms with E-state index in [0.717, 1.165) is 43.5 Å². The lowest BCUT2D eigenvalue weighted by molar-refractivity contribution is 0.0152. The van der Waals surface area contributed by atoms with Gasteiger partial charge in [0.1, 0.15) is 23.9 Å². The number of piperidine rings is 1. The van der Waals surface area contributed by atoms with Crippen LogP contribution < -0.4 is 16.1 Å². The molecule has 1 saturated heterocycles. The Balaban J connectivity index is 1.46. The Morgan fingerprint density at radius 2 is 1.86 bits per heavy atom. The highest BCUT2D eigenvalue weighted by Gasteiger charge is 2.32. The third-order valence-electron chi connectivity index (χ3n) is 6.50. The normalized spacial score (nSPS) is 17.6. The highest BCUT2D eigenvalue weighted by molar-refractivity contribution is 7.90. The predicted octanol–water partition coefficient (Wildman–Crippen LogP) is 2.67. The number of anilines is 1. The predicted molar refractivity (Wildman–Crippen MR) is 135 cm³/mol. The van der Waals surface area contributed by atoms with Crippen LogP contribution in [0.15, 0.2) is 46.4 Å². The van der Waals surface area contributed by atoms with Crippen molar-refractivity contribution in [2.75, 3.05) is 31.7 Å². The van der Waals surface area contributed by atoms with E-state index in [-0.39, 0.29) is 4.90 Å². The molecule has 190 valence electrons. The van der Waals surface area contributed by atoms with Crippen LogP contribution in [0.2, 0.25) is 0 Å². The van der Waals surface area contributed by atoms with Crippen molar-refractivity contribution in [1.82, 2.24) is 14.4 Å². The number of hydrazine groups is 1. The van der Waals surface area contributed by atoms with Gasteiger partial charge in [0.25, 0.3) is 10.0 Å². The van der Waals surface area contributed by atoms with Crippen LogP contribution in [0.3, 0.4) is 0 Å². The first kappa shape index (κ1) is 25.1. The van der Waals surface area contributed by atoms with Crippen LogP contribution in [-0.4, -0.2) is 61.7 Å². The summed E-state index contributed by atoms with van der Waals surface area (Å²) in [7, 11) is -1.91. The molecule has 1 aromatic heterocycles. The van der Waals surface area contributed by atoms with Crippen LogP contribution in [-0.2, 0) is 14.8 Å². The molecule has 1 aromatic carbocycles. The molecule has 1 fully saturated rings. The number of carbonyl (C=O) groups excluding carboxylic acids is 1. The number of benzene rings is 1. The first-order chi connectivity index (χ1) is 16.5. The van der Waals surface area contributed by atoms with Crippen molar-refractivity contribution in [2.45, 2.75) is 50.5 Å². The lowest BCUT2D eigenvalue weighted by Crippen LogP contribution is -2.49. The van der Waals surface area contributed by atoms with Gasteiger partial charge in [0.2, 0.25) is 0 Å². The lowest BCUT2D eigenvalue weighted by atomic mass is 9.86. The number of rotatable bonds is 6. The maximum Gasteiger partial charge on any atom is 0.405 e. The van der Waals surface area contributed by atoms with Crippen LogP contribution >= 0.6 is 0 Å². The van der Waals surface area contributed by atoms with Gasteiger partial charge in [-0.3, -0.25) is 0 Å². The van der Waals surface area contributed by atoms with Crippen molar-refractivity contribution >= 4 is 27.8 Å². The number of nitrogens with zero attached hydrogens (tertiary/aromatic N) is 4. The van der Waals surface area contributed by atoms with E-state index in [1.807, 2.05) is 32.7 Å².